The Morgan fingerprint density at radius 1 is 1.19 bits per heavy atom. The van der Waals surface area contributed by atoms with Gasteiger partial charge in [0, 0.05) is 39.1 Å². The maximum atomic E-state index is 12.6. The van der Waals surface area contributed by atoms with Gasteiger partial charge in [-0.25, -0.2) is 0 Å². The summed E-state index contributed by atoms with van der Waals surface area (Å²) in [4.78, 5) is 14.2. The second kappa shape index (κ2) is 11.7. The second-order valence-corrected chi connectivity index (χ2v) is 6.27. The average Bonchev–Trinajstić information content (AvgIpc) is 2.65. The van der Waals surface area contributed by atoms with Crippen LogP contribution in [0, 0.1) is 10.8 Å². The molecule has 0 heterocycles. The minimum Gasteiger partial charge on any atom is -0.388 e. The lowest BCUT2D eigenvalue weighted by Gasteiger charge is -2.14. The van der Waals surface area contributed by atoms with Crippen LogP contribution in [0.1, 0.15) is 29.6 Å². The summed E-state index contributed by atoms with van der Waals surface area (Å²) < 4.78 is 0. The van der Waals surface area contributed by atoms with Crippen LogP contribution in [0.15, 0.2) is 30.4 Å². The molecule has 0 bridgehead atoms. The molecule has 0 fully saturated rings. The molecular weight excluding hydrogens is 342 g/mol. The van der Waals surface area contributed by atoms with Crippen LogP contribution >= 0.6 is 0 Å². The first kappa shape index (κ1) is 22.2. The van der Waals surface area contributed by atoms with Crippen molar-refractivity contribution in [3.05, 3.63) is 35.9 Å². The highest BCUT2D eigenvalue weighted by Crippen LogP contribution is 2.21. The predicted octanol–water partition coefficient (Wildman–Crippen LogP) is 2.07. The van der Waals surface area contributed by atoms with Gasteiger partial charge in [0.1, 0.15) is 11.7 Å². The maximum absolute atomic E-state index is 12.6. The van der Waals surface area contributed by atoms with Crippen molar-refractivity contribution in [3.8, 4) is 0 Å². The van der Waals surface area contributed by atoms with Crippen LogP contribution in [0.2, 0.25) is 0 Å². The van der Waals surface area contributed by atoms with Crippen LogP contribution < -0.4 is 21.7 Å². The summed E-state index contributed by atoms with van der Waals surface area (Å²) in [7, 11) is 5.30. The van der Waals surface area contributed by atoms with Gasteiger partial charge in [-0.3, -0.25) is 15.6 Å². The van der Waals surface area contributed by atoms with E-state index in [0.717, 1.165) is 31.5 Å². The minimum atomic E-state index is -0.367. The summed E-state index contributed by atoms with van der Waals surface area (Å²) in [6, 6.07) is 5.41. The fourth-order valence-electron chi connectivity index (χ4n) is 2.26. The largest absolute Gasteiger partial charge is 0.388 e. The van der Waals surface area contributed by atoms with E-state index in [4.69, 9.17) is 16.6 Å². The highest BCUT2D eigenvalue weighted by atomic mass is 16.1. The SMILES string of the molecule is CNc1ccc(C(=O)NC(=N)/C=C\C(=N)N(C)C)c(NCCCCCN)c1. The molecule has 8 nitrogen and oxygen atoms in total. The van der Waals surface area contributed by atoms with Crippen molar-refractivity contribution >= 4 is 29.0 Å². The van der Waals surface area contributed by atoms with Crippen LogP contribution in [0.25, 0.3) is 0 Å². The van der Waals surface area contributed by atoms with Gasteiger partial charge in [0.25, 0.3) is 5.91 Å². The standard InChI is InChI=1S/C19H31N7O/c1-23-14-7-8-15(16(13-14)24-12-6-4-5-11-20)19(27)25-17(21)9-10-18(22)26(2)3/h7-10,13,22-24H,4-6,11-12,20H2,1-3H3,(H2,21,25,27)/b10-9-,22-18?. The summed E-state index contributed by atoms with van der Waals surface area (Å²) in [5, 5.41) is 24.5. The number of benzene rings is 1. The molecule has 0 saturated carbocycles. The smallest absolute Gasteiger partial charge is 0.258 e. The van der Waals surface area contributed by atoms with Crippen LogP contribution in [-0.2, 0) is 0 Å². The third kappa shape index (κ3) is 7.91. The van der Waals surface area contributed by atoms with Crippen molar-refractivity contribution in [2.24, 2.45) is 5.73 Å². The van der Waals surface area contributed by atoms with Gasteiger partial charge in [0.2, 0.25) is 0 Å². The van der Waals surface area contributed by atoms with E-state index in [9.17, 15) is 4.79 Å². The first-order chi connectivity index (χ1) is 12.9. The van der Waals surface area contributed by atoms with E-state index < -0.39 is 0 Å². The van der Waals surface area contributed by atoms with Gasteiger partial charge in [0.05, 0.1) is 5.56 Å². The van der Waals surface area contributed by atoms with Crippen LogP contribution in [0.4, 0.5) is 11.4 Å². The van der Waals surface area contributed by atoms with Crippen molar-refractivity contribution in [2.45, 2.75) is 19.3 Å². The number of hydrogen-bond donors (Lipinski definition) is 6. The van der Waals surface area contributed by atoms with Crippen molar-refractivity contribution < 1.29 is 4.79 Å². The molecule has 0 aliphatic heterocycles. The molecule has 1 amide bonds. The first-order valence-corrected chi connectivity index (χ1v) is 8.98. The lowest BCUT2D eigenvalue weighted by atomic mass is 10.1. The lowest BCUT2D eigenvalue weighted by molar-refractivity contribution is 0.0978. The van der Waals surface area contributed by atoms with E-state index in [2.05, 4.69) is 16.0 Å². The molecule has 0 aliphatic carbocycles. The summed E-state index contributed by atoms with van der Waals surface area (Å²) in [6.45, 7) is 1.43. The Kier molecular flexibility index (Phi) is 9.60. The van der Waals surface area contributed by atoms with E-state index in [1.54, 1.807) is 25.1 Å². The van der Waals surface area contributed by atoms with E-state index in [1.165, 1.54) is 12.2 Å². The maximum Gasteiger partial charge on any atom is 0.258 e. The number of amides is 1. The minimum absolute atomic E-state index is 0.0711. The van der Waals surface area contributed by atoms with Gasteiger partial charge in [-0.05, 0) is 49.7 Å². The molecule has 0 radical (unpaired) electrons. The second-order valence-electron chi connectivity index (χ2n) is 6.27. The van der Waals surface area contributed by atoms with Crippen LogP contribution in [0.3, 0.4) is 0 Å². The molecule has 7 N–H and O–H groups in total. The van der Waals surface area contributed by atoms with Gasteiger partial charge >= 0.3 is 0 Å². The number of nitrogens with two attached hydrogens (primary N) is 1. The molecule has 0 aliphatic rings. The number of rotatable bonds is 10. The van der Waals surface area contributed by atoms with Crippen molar-refractivity contribution in [3.63, 3.8) is 0 Å². The molecule has 27 heavy (non-hydrogen) atoms. The molecule has 0 unspecified atom stereocenters. The molecule has 0 spiro atoms. The number of unbranched alkanes of at least 4 members (excludes halogenated alkanes) is 2. The highest BCUT2D eigenvalue weighted by Gasteiger charge is 2.13. The van der Waals surface area contributed by atoms with Crippen molar-refractivity contribution in [2.75, 3.05) is 44.9 Å². The van der Waals surface area contributed by atoms with E-state index in [0.29, 0.717) is 17.8 Å². The lowest BCUT2D eigenvalue weighted by Crippen LogP contribution is -2.29. The number of anilines is 2. The number of carbonyl (C=O) groups is 1. The zero-order valence-corrected chi connectivity index (χ0v) is 16.4. The molecule has 1 aromatic rings. The number of likely N-dealkylation sites (N-methyl/N-ethyl adjacent to an activating group) is 1. The van der Waals surface area contributed by atoms with E-state index >= 15 is 0 Å². The Hall–Kier alpha value is -2.87. The zero-order valence-electron chi connectivity index (χ0n) is 16.4. The summed E-state index contributed by atoms with van der Waals surface area (Å²) >= 11 is 0. The average molecular weight is 374 g/mol. The number of nitrogens with zero attached hydrogens (tertiary/aromatic N) is 1. The van der Waals surface area contributed by atoms with Crippen molar-refractivity contribution in [1.82, 2.24) is 10.2 Å². The van der Waals surface area contributed by atoms with Gasteiger partial charge in [-0.1, -0.05) is 6.42 Å². The molecule has 148 valence electrons. The molecule has 1 rings (SSSR count). The fraction of sp³-hybridized carbons (Fsp3) is 0.421. The Morgan fingerprint density at radius 2 is 1.93 bits per heavy atom. The van der Waals surface area contributed by atoms with Gasteiger partial charge in [-0.15, -0.1) is 0 Å². The van der Waals surface area contributed by atoms with E-state index in [-0.39, 0.29) is 17.6 Å². The summed E-state index contributed by atoms with van der Waals surface area (Å²) in [5.41, 5.74) is 7.58. The predicted molar refractivity (Wildman–Crippen MR) is 113 cm³/mol. The third-order valence-electron chi connectivity index (χ3n) is 3.89. The molecule has 0 atom stereocenters. The number of hydrogen-bond acceptors (Lipinski definition) is 6. The van der Waals surface area contributed by atoms with Crippen LogP contribution in [-0.4, -0.2) is 56.7 Å². The Balaban J connectivity index is 2.79. The normalized spacial score (nSPS) is 10.5. The number of nitrogens with one attached hydrogen (secondary N) is 5. The number of amidine groups is 2. The highest BCUT2D eigenvalue weighted by molar-refractivity contribution is 6.12. The quantitative estimate of drug-likeness (QED) is 0.212. The zero-order chi connectivity index (χ0) is 20.2. The Bertz CT molecular complexity index is 683. The monoisotopic (exact) mass is 373 g/mol. The summed E-state index contributed by atoms with van der Waals surface area (Å²) in [6.07, 6.45) is 5.83. The summed E-state index contributed by atoms with van der Waals surface area (Å²) in [5.74, 6) is -0.196. The fourth-order valence-corrected chi connectivity index (χ4v) is 2.26. The topological polar surface area (TPSA) is 130 Å². The van der Waals surface area contributed by atoms with Gasteiger partial charge < -0.3 is 26.6 Å². The molecular formula is C19H31N7O. The molecule has 0 aromatic heterocycles. The van der Waals surface area contributed by atoms with Gasteiger partial charge in [-0.2, -0.15) is 0 Å². The molecule has 1 aromatic carbocycles. The molecule has 8 heteroatoms. The van der Waals surface area contributed by atoms with Crippen LogP contribution in [0.5, 0.6) is 0 Å². The third-order valence-corrected chi connectivity index (χ3v) is 3.89. The van der Waals surface area contributed by atoms with Crippen molar-refractivity contribution in [1.29, 1.82) is 10.8 Å². The first-order valence-electron chi connectivity index (χ1n) is 8.98. The Labute approximate surface area is 161 Å². The van der Waals surface area contributed by atoms with Gasteiger partial charge in [0.15, 0.2) is 0 Å². The van der Waals surface area contributed by atoms with E-state index in [1.807, 2.05) is 19.2 Å². The molecule has 0 saturated heterocycles. The Morgan fingerprint density at radius 3 is 2.56 bits per heavy atom. The number of carbonyl (C=O) groups excluding carboxylic acids is 1.